The second-order valence-corrected chi connectivity index (χ2v) is 7.25. The lowest BCUT2D eigenvalue weighted by atomic mass is 10.3. The van der Waals surface area contributed by atoms with Crippen molar-refractivity contribution in [1.29, 1.82) is 0 Å². The summed E-state index contributed by atoms with van der Waals surface area (Å²) in [5.41, 5.74) is 1.20. The van der Waals surface area contributed by atoms with Crippen LogP contribution < -0.4 is 16.0 Å². The van der Waals surface area contributed by atoms with Crippen LogP contribution in [-0.2, 0) is 17.6 Å². The van der Waals surface area contributed by atoms with Gasteiger partial charge in [-0.1, -0.05) is 6.92 Å². The maximum absolute atomic E-state index is 11.6. The molecule has 142 valence electrons. The first-order chi connectivity index (χ1) is 11.6. The summed E-state index contributed by atoms with van der Waals surface area (Å²) in [7, 11) is 0. The molecule has 0 radical (unpaired) electrons. The Morgan fingerprint density at radius 1 is 1.24 bits per heavy atom. The fraction of sp³-hybridized carbons (Fsp3) is 0.706. The van der Waals surface area contributed by atoms with Crippen molar-refractivity contribution in [3.63, 3.8) is 0 Å². The third-order valence-corrected chi connectivity index (χ3v) is 4.95. The second kappa shape index (κ2) is 11.7. The average molecular weight is 479 g/mol. The number of carbonyl (C=O) groups excluding carboxylic acids is 1. The lowest BCUT2D eigenvalue weighted by Gasteiger charge is -2.11. The van der Waals surface area contributed by atoms with E-state index >= 15 is 0 Å². The minimum absolute atomic E-state index is 0. The lowest BCUT2D eigenvalue weighted by molar-refractivity contribution is -0.122. The molecule has 1 amide bonds. The van der Waals surface area contributed by atoms with E-state index in [1.165, 1.54) is 10.6 Å². The van der Waals surface area contributed by atoms with Crippen molar-refractivity contribution < 1.29 is 4.79 Å². The largest absolute Gasteiger partial charge is 0.357 e. The fourth-order valence-electron chi connectivity index (χ4n) is 2.38. The number of nitrogens with one attached hydrogen (secondary N) is 3. The van der Waals surface area contributed by atoms with Crippen LogP contribution in [0.5, 0.6) is 0 Å². The molecule has 1 fully saturated rings. The third-order valence-electron chi connectivity index (χ3n) is 3.88. The van der Waals surface area contributed by atoms with E-state index in [0.29, 0.717) is 19.6 Å². The summed E-state index contributed by atoms with van der Waals surface area (Å²) >= 11 is 1.77. The highest BCUT2D eigenvalue weighted by molar-refractivity contribution is 14.0. The average Bonchev–Trinajstić information content (AvgIpc) is 3.35. The van der Waals surface area contributed by atoms with Crippen LogP contribution in [0, 0.1) is 12.8 Å². The highest BCUT2D eigenvalue weighted by Gasteiger charge is 2.28. The Bertz CT molecular complexity index is 571. The third kappa shape index (κ3) is 7.89. The summed E-state index contributed by atoms with van der Waals surface area (Å²) < 4.78 is 0. The number of carbonyl (C=O) groups is 1. The summed E-state index contributed by atoms with van der Waals surface area (Å²) in [6.07, 6.45) is 3.93. The van der Waals surface area contributed by atoms with Gasteiger partial charge in [-0.2, -0.15) is 0 Å². The van der Waals surface area contributed by atoms with E-state index < -0.39 is 0 Å². The van der Waals surface area contributed by atoms with Gasteiger partial charge in [-0.15, -0.1) is 35.3 Å². The zero-order valence-electron chi connectivity index (χ0n) is 15.4. The van der Waals surface area contributed by atoms with Gasteiger partial charge in [-0.05, 0) is 33.1 Å². The van der Waals surface area contributed by atoms with Crippen molar-refractivity contribution in [2.24, 2.45) is 10.9 Å². The van der Waals surface area contributed by atoms with E-state index in [2.05, 4.69) is 39.8 Å². The molecule has 1 aromatic rings. The van der Waals surface area contributed by atoms with Crippen molar-refractivity contribution in [2.75, 3.05) is 26.2 Å². The van der Waals surface area contributed by atoms with Gasteiger partial charge in [0.1, 0.15) is 0 Å². The molecule has 0 unspecified atom stereocenters. The first kappa shape index (κ1) is 22.1. The van der Waals surface area contributed by atoms with Gasteiger partial charge in [0.05, 0.1) is 10.7 Å². The molecule has 3 N–H and O–H groups in total. The van der Waals surface area contributed by atoms with Crippen LogP contribution >= 0.6 is 35.3 Å². The van der Waals surface area contributed by atoms with Crippen LogP contribution in [0.1, 0.15) is 42.3 Å². The van der Waals surface area contributed by atoms with Crippen molar-refractivity contribution in [2.45, 2.75) is 46.5 Å². The molecule has 1 saturated carbocycles. The van der Waals surface area contributed by atoms with Gasteiger partial charge in [0, 0.05) is 43.4 Å². The highest BCUT2D eigenvalue weighted by atomic mass is 127. The number of nitrogens with zero attached hydrogens (tertiary/aromatic N) is 2. The number of halogens is 1. The molecule has 0 spiro atoms. The van der Waals surface area contributed by atoms with Crippen LogP contribution in [0.3, 0.4) is 0 Å². The Morgan fingerprint density at radius 3 is 2.56 bits per heavy atom. The van der Waals surface area contributed by atoms with Gasteiger partial charge in [-0.3, -0.25) is 9.79 Å². The van der Waals surface area contributed by atoms with E-state index in [9.17, 15) is 4.79 Å². The molecule has 1 aromatic heterocycles. The van der Waals surface area contributed by atoms with Crippen LogP contribution in [0.25, 0.3) is 0 Å². The normalized spacial score (nSPS) is 14.0. The summed E-state index contributed by atoms with van der Waals surface area (Å²) in [5.74, 6) is 1.24. The molecule has 0 atom stereocenters. The van der Waals surface area contributed by atoms with Gasteiger partial charge < -0.3 is 16.0 Å². The minimum atomic E-state index is 0. The summed E-state index contributed by atoms with van der Waals surface area (Å²) in [6, 6.07) is 0. The van der Waals surface area contributed by atoms with E-state index in [1.54, 1.807) is 11.3 Å². The van der Waals surface area contributed by atoms with Crippen LogP contribution in [0.2, 0.25) is 0 Å². The van der Waals surface area contributed by atoms with E-state index in [0.717, 1.165) is 43.2 Å². The summed E-state index contributed by atoms with van der Waals surface area (Å²) in [4.78, 5) is 22.1. The molecule has 25 heavy (non-hydrogen) atoms. The number of aliphatic imine (C=N–C) groups is 1. The molecule has 1 aliphatic carbocycles. The molecule has 8 heteroatoms. The minimum Gasteiger partial charge on any atom is -0.357 e. The van der Waals surface area contributed by atoms with E-state index in [4.69, 9.17) is 0 Å². The number of aromatic nitrogens is 1. The van der Waals surface area contributed by atoms with Crippen molar-refractivity contribution in [3.05, 3.63) is 15.6 Å². The Kier molecular flexibility index (Phi) is 10.3. The number of rotatable bonds is 9. The van der Waals surface area contributed by atoms with E-state index in [1.807, 2.05) is 6.92 Å². The number of aryl methyl sites for hydroxylation is 2. The van der Waals surface area contributed by atoms with E-state index in [-0.39, 0.29) is 35.8 Å². The Labute approximate surface area is 171 Å². The molecule has 0 saturated heterocycles. The van der Waals surface area contributed by atoms with Gasteiger partial charge in [0.15, 0.2) is 5.96 Å². The number of amides is 1. The van der Waals surface area contributed by atoms with Gasteiger partial charge in [0.25, 0.3) is 0 Å². The molecular weight excluding hydrogens is 449 g/mol. The smallest absolute Gasteiger partial charge is 0.223 e. The molecule has 0 aliphatic heterocycles. The van der Waals surface area contributed by atoms with Crippen LogP contribution in [0.15, 0.2) is 4.99 Å². The lowest BCUT2D eigenvalue weighted by Crippen LogP contribution is -2.41. The molecule has 0 aromatic carbocycles. The zero-order valence-corrected chi connectivity index (χ0v) is 18.5. The Hall–Kier alpha value is -0.900. The predicted molar refractivity (Wildman–Crippen MR) is 115 cm³/mol. The quantitative estimate of drug-likeness (QED) is 0.220. The first-order valence-corrected chi connectivity index (χ1v) is 9.70. The number of hydrogen-bond donors (Lipinski definition) is 3. The van der Waals surface area contributed by atoms with Crippen molar-refractivity contribution in [1.82, 2.24) is 20.9 Å². The number of guanidine groups is 1. The predicted octanol–water partition coefficient (Wildman–Crippen LogP) is 2.26. The highest BCUT2D eigenvalue weighted by Crippen LogP contribution is 2.28. The zero-order chi connectivity index (χ0) is 17.4. The second-order valence-electron chi connectivity index (χ2n) is 5.97. The Balaban J connectivity index is 0.00000312. The molecule has 2 rings (SSSR count). The fourth-order valence-corrected chi connectivity index (χ4v) is 3.39. The molecule has 1 aliphatic rings. The van der Waals surface area contributed by atoms with Gasteiger partial charge in [0.2, 0.25) is 5.91 Å². The monoisotopic (exact) mass is 479 g/mol. The summed E-state index contributed by atoms with van der Waals surface area (Å²) in [5, 5.41) is 10.6. The standard InChI is InChI=1S/C17H29N5OS.HI/c1-4-14-12(3)24-15(22-14)8-9-20-17(18-5-2)21-11-10-19-16(23)13-6-7-13;/h13H,4-11H2,1-3H3,(H,19,23)(H2,18,20,21);1H. The maximum Gasteiger partial charge on any atom is 0.223 e. The Morgan fingerprint density at radius 2 is 1.96 bits per heavy atom. The van der Waals surface area contributed by atoms with Gasteiger partial charge >= 0.3 is 0 Å². The first-order valence-electron chi connectivity index (χ1n) is 8.89. The van der Waals surface area contributed by atoms with Crippen molar-refractivity contribution >= 4 is 47.2 Å². The topological polar surface area (TPSA) is 78.4 Å². The maximum atomic E-state index is 11.6. The van der Waals surface area contributed by atoms with Crippen LogP contribution in [-0.4, -0.2) is 43.0 Å². The molecular formula is C17H30IN5OS. The molecule has 6 nitrogen and oxygen atoms in total. The van der Waals surface area contributed by atoms with Crippen LogP contribution in [0.4, 0.5) is 0 Å². The number of thiazole rings is 1. The SMILES string of the molecule is CCNC(=NCCc1nc(CC)c(C)s1)NCCNC(=O)C1CC1.I. The molecule has 1 heterocycles. The molecule has 0 bridgehead atoms. The summed E-state index contributed by atoms with van der Waals surface area (Å²) in [6.45, 7) is 9.15. The number of hydrogen-bond acceptors (Lipinski definition) is 4. The van der Waals surface area contributed by atoms with Gasteiger partial charge in [-0.25, -0.2) is 4.98 Å². The van der Waals surface area contributed by atoms with Crippen molar-refractivity contribution in [3.8, 4) is 0 Å².